The zero-order chi connectivity index (χ0) is 56.4. The Hall–Kier alpha value is -4.71. The van der Waals surface area contributed by atoms with Crippen molar-refractivity contribution in [3.05, 3.63) is 146 Å². The SMILES string of the molecule is CC/C=C\C/C=C\C/C=C\C/C=C\C/C=C\C/C=C\C/C=C\CCCCCCCCCCCCCCCC(=O)OCC(COC(=O)CCCCCCC/C=C\CCC)OC(=O)CCCC/C=C\C/C=C\C/C=C\C/C=C\CC. The van der Waals surface area contributed by atoms with Crippen molar-refractivity contribution in [3.8, 4) is 0 Å². The number of carbonyl (C=O) groups is 3. The first-order valence-corrected chi connectivity index (χ1v) is 31.8. The molecule has 78 heavy (non-hydrogen) atoms. The predicted molar refractivity (Wildman–Crippen MR) is 339 cm³/mol. The fourth-order valence-electron chi connectivity index (χ4n) is 8.36. The highest BCUT2D eigenvalue weighted by atomic mass is 16.6. The summed E-state index contributed by atoms with van der Waals surface area (Å²) in [6, 6.07) is 0. The van der Waals surface area contributed by atoms with Gasteiger partial charge in [-0.2, -0.15) is 0 Å². The average Bonchev–Trinajstić information content (AvgIpc) is 3.44. The van der Waals surface area contributed by atoms with E-state index in [2.05, 4.69) is 167 Å². The molecule has 0 N–H and O–H groups in total. The molecule has 0 heterocycles. The minimum absolute atomic E-state index is 0.101. The molecule has 0 spiro atoms. The normalized spacial score (nSPS) is 13.1. The Bertz CT molecular complexity index is 1710. The minimum Gasteiger partial charge on any atom is -0.462 e. The van der Waals surface area contributed by atoms with Crippen LogP contribution in [-0.4, -0.2) is 37.2 Å². The third-order valence-electron chi connectivity index (χ3n) is 13.0. The van der Waals surface area contributed by atoms with Crippen molar-refractivity contribution in [1.29, 1.82) is 0 Å². The molecule has 0 aromatic carbocycles. The lowest BCUT2D eigenvalue weighted by molar-refractivity contribution is -0.167. The number of hydrogen-bond donors (Lipinski definition) is 0. The summed E-state index contributed by atoms with van der Waals surface area (Å²) in [7, 11) is 0. The second kappa shape index (κ2) is 64.8. The summed E-state index contributed by atoms with van der Waals surface area (Å²) in [5, 5.41) is 0. The Kier molecular flexibility index (Phi) is 60.9. The van der Waals surface area contributed by atoms with Crippen molar-refractivity contribution in [2.75, 3.05) is 13.2 Å². The van der Waals surface area contributed by atoms with Crippen molar-refractivity contribution >= 4 is 17.9 Å². The molecule has 0 bridgehead atoms. The molecule has 6 heteroatoms. The molecule has 0 aliphatic heterocycles. The van der Waals surface area contributed by atoms with Crippen LogP contribution in [0.4, 0.5) is 0 Å². The second-order valence-electron chi connectivity index (χ2n) is 20.5. The topological polar surface area (TPSA) is 78.9 Å². The monoisotopic (exact) mass is 1080 g/mol. The lowest BCUT2D eigenvalue weighted by atomic mass is 10.0. The summed E-state index contributed by atoms with van der Waals surface area (Å²) in [4.78, 5) is 38.1. The lowest BCUT2D eigenvalue weighted by Crippen LogP contribution is -2.30. The van der Waals surface area contributed by atoms with Gasteiger partial charge in [0, 0.05) is 19.3 Å². The molecule has 0 aromatic heterocycles. The largest absolute Gasteiger partial charge is 0.462 e. The van der Waals surface area contributed by atoms with Crippen LogP contribution in [0.15, 0.2) is 146 Å². The van der Waals surface area contributed by atoms with E-state index in [1.54, 1.807) is 0 Å². The number of allylic oxidation sites excluding steroid dienone is 24. The minimum atomic E-state index is -0.807. The summed E-state index contributed by atoms with van der Waals surface area (Å²) in [6.45, 7) is 6.30. The summed E-state index contributed by atoms with van der Waals surface area (Å²) in [6.07, 6.45) is 93.1. The molecule has 0 saturated heterocycles. The van der Waals surface area contributed by atoms with Gasteiger partial charge in [-0.15, -0.1) is 0 Å². The third-order valence-corrected chi connectivity index (χ3v) is 13.0. The van der Waals surface area contributed by atoms with E-state index in [0.717, 1.165) is 141 Å². The Labute approximate surface area is 480 Å². The maximum atomic E-state index is 12.8. The van der Waals surface area contributed by atoms with Crippen molar-refractivity contribution in [2.24, 2.45) is 0 Å². The number of ether oxygens (including phenoxy) is 3. The van der Waals surface area contributed by atoms with E-state index in [4.69, 9.17) is 14.2 Å². The highest BCUT2D eigenvalue weighted by Gasteiger charge is 2.19. The van der Waals surface area contributed by atoms with Crippen LogP contribution in [0.3, 0.4) is 0 Å². The molecule has 0 rings (SSSR count). The first kappa shape index (κ1) is 73.3. The van der Waals surface area contributed by atoms with Gasteiger partial charge in [0.1, 0.15) is 13.2 Å². The van der Waals surface area contributed by atoms with Crippen LogP contribution in [0.5, 0.6) is 0 Å². The fourth-order valence-corrected chi connectivity index (χ4v) is 8.36. The van der Waals surface area contributed by atoms with Gasteiger partial charge < -0.3 is 14.2 Å². The van der Waals surface area contributed by atoms with Crippen LogP contribution in [-0.2, 0) is 28.6 Å². The molecule has 0 aliphatic carbocycles. The highest BCUT2D eigenvalue weighted by molar-refractivity contribution is 5.71. The van der Waals surface area contributed by atoms with E-state index < -0.39 is 6.10 Å². The molecule has 440 valence electrons. The summed E-state index contributed by atoms with van der Waals surface area (Å²) in [5.74, 6) is -0.957. The average molecular weight is 1080 g/mol. The van der Waals surface area contributed by atoms with Gasteiger partial charge in [-0.3, -0.25) is 14.4 Å². The van der Waals surface area contributed by atoms with Gasteiger partial charge in [-0.1, -0.05) is 263 Å². The van der Waals surface area contributed by atoms with Gasteiger partial charge >= 0.3 is 17.9 Å². The van der Waals surface area contributed by atoms with Crippen molar-refractivity contribution < 1.29 is 28.6 Å². The number of hydrogen-bond acceptors (Lipinski definition) is 6. The van der Waals surface area contributed by atoms with Gasteiger partial charge in [-0.05, 0) is 135 Å². The molecule has 1 atom stereocenters. The van der Waals surface area contributed by atoms with E-state index in [0.29, 0.717) is 19.3 Å². The molecule has 0 aliphatic rings. The van der Waals surface area contributed by atoms with Crippen LogP contribution in [0.1, 0.15) is 271 Å². The maximum Gasteiger partial charge on any atom is 0.306 e. The molecule has 0 saturated carbocycles. The summed E-state index contributed by atoms with van der Waals surface area (Å²) >= 11 is 0. The standard InChI is InChI=1S/C72H116O6/c1-4-7-10-13-16-19-22-24-26-27-28-29-30-31-32-33-34-35-36-37-38-39-40-41-42-43-44-45-47-48-50-53-56-59-62-65-71(74)77-68-69(67-76-70(73)64-61-58-55-52-21-18-15-12-9-6-3)78-72(75)66-63-60-57-54-51-49-46-25-23-20-17-14-11-8-5-2/h7-8,10-12,15-17,19-20,24-26,28-29,31-32,34-35,37-38,46,51,54,69H,4-6,9,13-14,18,21-23,27,30,33,36,39-45,47-50,52-53,55-68H2,1-3H3/b10-7-,11-8-,15-12-,19-16-,20-17-,26-24-,29-28-,32-31-,35-34-,38-37-,46-25-,54-51-. The molecule has 0 fully saturated rings. The molecule has 0 radical (unpaired) electrons. The third kappa shape index (κ3) is 62.1. The van der Waals surface area contributed by atoms with Gasteiger partial charge in [0.25, 0.3) is 0 Å². The number of carbonyl (C=O) groups excluding carboxylic acids is 3. The molecule has 0 aromatic rings. The number of rotatable bonds is 56. The van der Waals surface area contributed by atoms with Gasteiger partial charge in [0.05, 0.1) is 0 Å². The van der Waals surface area contributed by atoms with Crippen molar-refractivity contribution in [2.45, 2.75) is 277 Å². The predicted octanol–water partition coefficient (Wildman–Crippen LogP) is 21.9. The number of esters is 3. The number of unbranched alkanes of at least 4 members (excludes halogenated alkanes) is 21. The van der Waals surface area contributed by atoms with Crippen LogP contribution >= 0.6 is 0 Å². The molecule has 1 unspecified atom stereocenters. The Morgan fingerprint density at radius 3 is 0.821 bits per heavy atom. The van der Waals surface area contributed by atoms with Crippen LogP contribution in [0.25, 0.3) is 0 Å². The zero-order valence-electron chi connectivity index (χ0n) is 50.4. The molecular weight excluding hydrogens is 961 g/mol. The van der Waals surface area contributed by atoms with E-state index in [9.17, 15) is 14.4 Å². The maximum absolute atomic E-state index is 12.8. The van der Waals surface area contributed by atoms with Gasteiger partial charge in [0.15, 0.2) is 6.10 Å². The lowest BCUT2D eigenvalue weighted by Gasteiger charge is -2.18. The summed E-state index contributed by atoms with van der Waals surface area (Å²) < 4.78 is 16.8. The zero-order valence-corrected chi connectivity index (χ0v) is 50.4. The molecule has 0 amide bonds. The smallest absolute Gasteiger partial charge is 0.306 e. The van der Waals surface area contributed by atoms with E-state index in [-0.39, 0.29) is 37.5 Å². The van der Waals surface area contributed by atoms with Crippen molar-refractivity contribution in [3.63, 3.8) is 0 Å². The van der Waals surface area contributed by atoms with Gasteiger partial charge in [0.2, 0.25) is 0 Å². The highest BCUT2D eigenvalue weighted by Crippen LogP contribution is 2.15. The van der Waals surface area contributed by atoms with E-state index in [1.165, 1.54) is 83.5 Å². The van der Waals surface area contributed by atoms with E-state index >= 15 is 0 Å². The van der Waals surface area contributed by atoms with Crippen LogP contribution < -0.4 is 0 Å². The van der Waals surface area contributed by atoms with Gasteiger partial charge in [-0.25, -0.2) is 0 Å². The molecular formula is C72H116O6. The van der Waals surface area contributed by atoms with Crippen LogP contribution in [0.2, 0.25) is 0 Å². The Balaban J connectivity index is 4.17. The summed E-state index contributed by atoms with van der Waals surface area (Å²) in [5.41, 5.74) is 0. The molecule has 6 nitrogen and oxygen atoms in total. The Morgan fingerprint density at radius 1 is 0.269 bits per heavy atom. The van der Waals surface area contributed by atoms with Crippen molar-refractivity contribution in [1.82, 2.24) is 0 Å². The first-order valence-electron chi connectivity index (χ1n) is 31.8. The van der Waals surface area contributed by atoms with E-state index in [1.807, 2.05) is 0 Å². The second-order valence-corrected chi connectivity index (χ2v) is 20.5. The first-order chi connectivity index (χ1) is 38.5. The Morgan fingerprint density at radius 2 is 0.500 bits per heavy atom. The fraction of sp³-hybridized carbons (Fsp3) is 0.625. The quantitative estimate of drug-likeness (QED) is 0.0261. The van der Waals surface area contributed by atoms with Crippen LogP contribution in [0, 0.1) is 0 Å².